The average molecular weight is 252 g/mol. The van der Waals surface area contributed by atoms with Crippen LogP contribution in [-0.2, 0) is 17.9 Å². The number of methoxy groups -OCH3 is 1. The van der Waals surface area contributed by atoms with Gasteiger partial charge in [0.15, 0.2) is 0 Å². The molecule has 0 amide bonds. The van der Waals surface area contributed by atoms with E-state index in [-0.39, 0.29) is 5.82 Å². The first-order chi connectivity index (χ1) is 8.26. The Bertz CT molecular complexity index is 513. The van der Waals surface area contributed by atoms with Gasteiger partial charge in [-0.1, -0.05) is 12.1 Å². The fraction of sp³-hybridized carbons (Fsp3) is 0.250. The van der Waals surface area contributed by atoms with Crippen molar-refractivity contribution in [1.29, 1.82) is 0 Å². The van der Waals surface area contributed by atoms with Crippen LogP contribution in [0.15, 0.2) is 24.3 Å². The first kappa shape index (κ1) is 12.2. The lowest BCUT2D eigenvalue weighted by molar-refractivity contribution is 0.181. The van der Waals surface area contributed by atoms with Crippen LogP contribution in [0.5, 0.6) is 0 Å². The largest absolute Gasteiger partial charge is 0.378 e. The van der Waals surface area contributed by atoms with E-state index in [1.54, 1.807) is 25.3 Å². The number of hydrogen-bond donors (Lipinski definition) is 1. The van der Waals surface area contributed by atoms with Crippen LogP contribution in [0.1, 0.15) is 10.6 Å². The van der Waals surface area contributed by atoms with Crippen LogP contribution in [-0.4, -0.2) is 12.1 Å². The van der Waals surface area contributed by atoms with Crippen molar-refractivity contribution >= 4 is 11.3 Å². The third-order valence-electron chi connectivity index (χ3n) is 2.35. The number of nitrogens with zero attached hydrogens (tertiary/aromatic N) is 1. The first-order valence-electron chi connectivity index (χ1n) is 5.18. The lowest BCUT2D eigenvalue weighted by atomic mass is 10.2. The van der Waals surface area contributed by atoms with Gasteiger partial charge in [0, 0.05) is 24.1 Å². The molecule has 2 aromatic rings. The zero-order valence-electron chi connectivity index (χ0n) is 9.44. The topological polar surface area (TPSA) is 48.1 Å². The molecular formula is C12H13FN2OS. The lowest BCUT2D eigenvalue weighted by Gasteiger charge is -1.97. The van der Waals surface area contributed by atoms with Crippen molar-refractivity contribution in [2.24, 2.45) is 5.73 Å². The molecule has 1 aromatic heterocycles. The maximum Gasteiger partial charge on any atom is 0.133 e. The van der Waals surface area contributed by atoms with Crippen molar-refractivity contribution in [3.05, 3.63) is 40.7 Å². The molecular weight excluding hydrogens is 239 g/mol. The molecule has 2 N–H and O–H groups in total. The van der Waals surface area contributed by atoms with E-state index in [9.17, 15) is 4.39 Å². The summed E-state index contributed by atoms with van der Waals surface area (Å²) in [5.74, 6) is -0.270. The second-order valence-corrected chi connectivity index (χ2v) is 4.59. The highest BCUT2D eigenvalue weighted by molar-refractivity contribution is 7.15. The number of halogens is 1. The third kappa shape index (κ3) is 2.52. The van der Waals surface area contributed by atoms with Gasteiger partial charge in [-0.3, -0.25) is 0 Å². The Morgan fingerprint density at radius 2 is 2.18 bits per heavy atom. The molecule has 1 heterocycles. The van der Waals surface area contributed by atoms with Crippen molar-refractivity contribution < 1.29 is 9.13 Å². The minimum atomic E-state index is -0.270. The normalized spacial score (nSPS) is 10.8. The van der Waals surface area contributed by atoms with Crippen molar-refractivity contribution in [3.63, 3.8) is 0 Å². The fourth-order valence-corrected chi connectivity index (χ4v) is 2.51. The summed E-state index contributed by atoms with van der Waals surface area (Å²) in [4.78, 5) is 5.31. The Kier molecular flexibility index (Phi) is 3.83. The second-order valence-electron chi connectivity index (χ2n) is 3.51. The second kappa shape index (κ2) is 5.35. The van der Waals surface area contributed by atoms with E-state index in [1.807, 2.05) is 0 Å². The molecule has 0 aliphatic rings. The van der Waals surface area contributed by atoms with Crippen LogP contribution in [0.25, 0.3) is 10.6 Å². The quantitative estimate of drug-likeness (QED) is 0.909. The minimum absolute atomic E-state index is 0.270. The Labute approximate surface area is 103 Å². The van der Waals surface area contributed by atoms with E-state index in [0.717, 1.165) is 10.6 Å². The summed E-state index contributed by atoms with van der Waals surface area (Å²) in [5, 5.41) is 0.649. The lowest BCUT2D eigenvalue weighted by Crippen LogP contribution is -1.99. The van der Waals surface area contributed by atoms with Crippen molar-refractivity contribution in [2.45, 2.75) is 13.2 Å². The molecule has 5 heteroatoms. The molecule has 1 aromatic carbocycles. The van der Waals surface area contributed by atoms with Crippen LogP contribution in [0, 0.1) is 5.82 Å². The summed E-state index contributed by atoms with van der Waals surface area (Å²) in [5.41, 5.74) is 6.93. The highest BCUT2D eigenvalue weighted by Gasteiger charge is 2.13. The van der Waals surface area contributed by atoms with Gasteiger partial charge in [0.25, 0.3) is 0 Å². The van der Waals surface area contributed by atoms with Crippen LogP contribution >= 0.6 is 11.3 Å². The van der Waals surface area contributed by atoms with Gasteiger partial charge >= 0.3 is 0 Å². The summed E-state index contributed by atoms with van der Waals surface area (Å²) < 4.78 is 18.7. The fourth-order valence-electron chi connectivity index (χ4n) is 1.54. The van der Waals surface area contributed by atoms with E-state index in [4.69, 9.17) is 10.5 Å². The zero-order valence-corrected chi connectivity index (χ0v) is 10.3. The van der Waals surface area contributed by atoms with E-state index in [2.05, 4.69) is 4.98 Å². The predicted molar refractivity (Wildman–Crippen MR) is 66.1 cm³/mol. The predicted octanol–water partition coefficient (Wildman–Crippen LogP) is 2.55. The molecule has 2 rings (SSSR count). The number of rotatable bonds is 4. The molecule has 0 unspecified atom stereocenters. The zero-order chi connectivity index (χ0) is 12.3. The average Bonchev–Trinajstić information content (AvgIpc) is 2.73. The SMILES string of the molecule is COCc1nc(-c2ccccc2F)sc1CN. The molecule has 3 nitrogen and oxygen atoms in total. The maximum absolute atomic E-state index is 13.6. The summed E-state index contributed by atoms with van der Waals surface area (Å²) in [6.07, 6.45) is 0. The first-order valence-corrected chi connectivity index (χ1v) is 6.00. The monoisotopic (exact) mass is 252 g/mol. The Morgan fingerprint density at radius 1 is 1.41 bits per heavy atom. The van der Waals surface area contributed by atoms with Crippen LogP contribution < -0.4 is 5.73 Å². The van der Waals surface area contributed by atoms with E-state index in [1.165, 1.54) is 17.4 Å². The molecule has 0 fully saturated rings. The van der Waals surface area contributed by atoms with Gasteiger partial charge in [0.2, 0.25) is 0 Å². The number of aromatic nitrogens is 1. The smallest absolute Gasteiger partial charge is 0.133 e. The summed E-state index contributed by atoms with van der Waals surface area (Å²) in [7, 11) is 1.60. The van der Waals surface area contributed by atoms with Crippen molar-refractivity contribution in [1.82, 2.24) is 4.98 Å². The Balaban J connectivity index is 2.43. The van der Waals surface area contributed by atoms with E-state index >= 15 is 0 Å². The van der Waals surface area contributed by atoms with Gasteiger partial charge in [-0.25, -0.2) is 9.37 Å². The van der Waals surface area contributed by atoms with Gasteiger partial charge in [-0.15, -0.1) is 11.3 Å². The van der Waals surface area contributed by atoms with Crippen molar-refractivity contribution in [2.75, 3.05) is 7.11 Å². The Morgan fingerprint density at radius 3 is 2.82 bits per heavy atom. The van der Waals surface area contributed by atoms with Crippen LogP contribution in [0.2, 0.25) is 0 Å². The van der Waals surface area contributed by atoms with Crippen LogP contribution in [0.3, 0.4) is 0 Å². The summed E-state index contributed by atoms with van der Waals surface area (Å²) in [6, 6.07) is 6.59. The molecule has 0 radical (unpaired) electrons. The number of nitrogens with two attached hydrogens (primary N) is 1. The van der Waals surface area contributed by atoms with E-state index < -0.39 is 0 Å². The molecule has 0 aliphatic heterocycles. The standard InChI is InChI=1S/C12H13FN2OS/c1-16-7-10-11(6-14)17-12(15-10)8-4-2-3-5-9(8)13/h2-5H,6-7,14H2,1H3. The highest BCUT2D eigenvalue weighted by Crippen LogP contribution is 2.29. The van der Waals surface area contributed by atoms with E-state index in [0.29, 0.717) is 23.7 Å². The summed E-state index contributed by atoms with van der Waals surface area (Å²) >= 11 is 1.41. The molecule has 17 heavy (non-hydrogen) atoms. The van der Waals surface area contributed by atoms with Gasteiger partial charge in [-0.05, 0) is 12.1 Å². The van der Waals surface area contributed by atoms with Gasteiger partial charge in [0.05, 0.1) is 12.3 Å². The van der Waals surface area contributed by atoms with Gasteiger partial charge in [-0.2, -0.15) is 0 Å². The molecule has 0 saturated carbocycles. The maximum atomic E-state index is 13.6. The van der Waals surface area contributed by atoms with Crippen LogP contribution in [0.4, 0.5) is 4.39 Å². The Hall–Kier alpha value is -1.30. The van der Waals surface area contributed by atoms with Gasteiger partial charge in [0.1, 0.15) is 10.8 Å². The molecule has 0 aliphatic carbocycles. The minimum Gasteiger partial charge on any atom is -0.378 e. The highest BCUT2D eigenvalue weighted by atomic mass is 32.1. The number of hydrogen-bond acceptors (Lipinski definition) is 4. The number of thiazole rings is 1. The molecule has 0 atom stereocenters. The molecule has 90 valence electrons. The number of ether oxygens (including phenoxy) is 1. The van der Waals surface area contributed by atoms with Crippen molar-refractivity contribution in [3.8, 4) is 10.6 Å². The molecule has 0 bridgehead atoms. The molecule has 0 spiro atoms. The summed E-state index contributed by atoms with van der Waals surface area (Å²) in [6.45, 7) is 0.794. The van der Waals surface area contributed by atoms with Gasteiger partial charge < -0.3 is 10.5 Å². The number of benzene rings is 1. The third-order valence-corrected chi connectivity index (χ3v) is 3.50. The molecule has 0 saturated heterocycles.